The van der Waals surface area contributed by atoms with Crippen molar-refractivity contribution in [3.63, 3.8) is 0 Å². The first-order valence-corrected chi connectivity index (χ1v) is 6.98. The van der Waals surface area contributed by atoms with Crippen molar-refractivity contribution in [3.05, 3.63) is 29.1 Å². The molecule has 0 saturated heterocycles. The summed E-state index contributed by atoms with van der Waals surface area (Å²) in [6.45, 7) is 2.97. The first-order valence-electron chi connectivity index (χ1n) is 6.98. The van der Waals surface area contributed by atoms with E-state index in [4.69, 9.17) is 4.74 Å². The van der Waals surface area contributed by atoms with Crippen LogP contribution in [-0.4, -0.2) is 24.0 Å². The molecule has 0 spiro atoms. The molecular weight excluding hydrogens is 275 g/mol. The van der Waals surface area contributed by atoms with Gasteiger partial charge in [-0.15, -0.1) is 0 Å². The first-order chi connectivity index (χ1) is 9.88. The predicted octanol–water partition coefficient (Wildman–Crippen LogP) is 3.04. The maximum atomic E-state index is 14.4. The van der Waals surface area contributed by atoms with Crippen molar-refractivity contribution in [2.24, 2.45) is 11.8 Å². The zero-order chi connectivity index (χ0) is 15.7. The van der Waals surface area contributed by atoms with Crippen LogP contribution in [0.4, 0.5) is 4.39 Å². The van der Waals surface area contributed by atoms with E-state index in [1.165, 1.54) is 26.2 Å². The quantitative estimate of drug-likeness (QED) is 0.669. The van der Waals surface area contributed by atoms with Gasteiger partial charge in [0, 0.05) is 5.92 Å². The Morgan fingerprint density at radius 1 is 1.38 bits per heavy atom. The molecule has 2 atom stereocenters. The summed E-state index contributed by atoms with van der Waals surface area (Å²) in [5.41, 5.74) is 0.231. The fourth-order valence-electron chi connectivity index (χ4n) is 2.84. The summed E-state index contributed by atoms with van der Waals surface area (Å²) < 4.78 is 19.2. The van der Waals surface area contributed by atoms with Gasteiger partial charge in [-0.2, -0.15) is 0 Å². The van der Waals surface area contributed by atoms with Crippen LogP contribution in [0.3, 0.4) is 0 Å². The van der Waals surface area contributed by atoms with Gasteiger partial charge < -0.3 is 9.84 Å². The van der Waals surface area contributed by atoms with Crippen LogP contribution in [0.25, 0.3) is 0 Å². The van der Waals surface area contributed by atoms with Gasteiger partial charge >= 0.3 is 5.97 Å². The lowest BCUT2D eigenvalue weighted by Crippen LogP contribution is -2.23. The molecule has 1 aromatic carbocycles. The molecule has 21 heavy (non-hydrogen) atoms. The van der Waals surface area contributed by atoms with Gasteiger partial charge in [0.25, 0.3) is 0 Å². The molecule has 1 aliphatic rings. The molecule has 1 aliphatic carbocycles. The second-order valence-corrected chi connectivity index (χ2v) is 5.60. The number of esters is 1. The van der Waals surface area contributed by atoms with Crippen molar-refractivity contribution in [2.75, 3.05) is 7.11 Å². The molecule has 0 aromatic heterocycles. The SMILES string of the molecule is COC(=O)C(C)C(c1ccc(C(C)=O)c(O)c1F)C1CC1. The molecule has 5 heteroatoms. The van der Waals surface area contributed by atoms with Crippen LogP contribution < -0.4 is 0 Å². The van der Waals surface area contributed by atoms with E-state index in [1.807, 2.05) is 0 Å². The molecule has 2 rings (SSSR count). The molecule has 1 fully saturated rings. The Morgan fingerprint density at radius 2 is 2.00 bits per heavy atom. The summed E-state index contributed by atoms with van der Waals surface area (Å²) in [6.07, 6.45) is 1.83. The summed E-state index contributed by atoms with van der Waals surface area (Å²) in [5.74, 6) is -2.89. The Labute approximate surface area is 122 Å². The minimum Gasteiger partial charge on any atom is -0.504 e. The predicted molar refractivity (Wildman–Crippen MR) is 74.7 cm³/mol. The Balaban J connectivity index is 2.44. The van der Waals surface area contributed by atoms with E-state index in [0.29, 0.717) is 0 Å². The van der Waals surface area contributed by atoms with Gasteiger partial charge in [0.05, 0.1) is 18.6 Å². The lowest BCUT2D eigenvalue weighted by Gasteiger charge is -2.23. The molecule has 1 aromatic rings. The van der Waals surface area contributed by atoms with Crippen molar-refractivity contribution in [1.29, 1.82) is 0 Å². The molecule has 0 aliphatic heterocycles. The number of rotatable bonds is 5. The van der Waals surface area contributed by atoms with Crippen molar-refractivity contribution >= 4 is 11.8 Å². The number of methoxy groups -OCH3 is 1. The molecule has 4 nitrogen and oxygen atoms in total. The number of phenolic OH excluding ortho intramolecular Hbond substituents is 1. The lowest BCUT2D eigenvalue weighted by molar-refractivity contribution is -0.145. The number of hydrogen-bond donors (Lipinski definition) is 1. The Bertz CT molecular complexity index is 578. The van der Waals surface area contributed by atoms with Gasteiger partial charge in [0.15, 0.2) is 17.3 Å². The number of ether oxygens (including phenoxy) is 1. The van der Waals surface area contributed by atoms with Crippen LogP contribution in [0.15, 0.2) is 12.1 Å². The summed E-state index contributed by atoms with van der Waals surface area (Å²) in [6, 6.07) is 2.91. The summed E-state index contributed by atoms with van der Waals surface area (Å²) in [5, 5.41) is 9.87. The average Bonchev–Trinajstić information content (AvgIpc) is 3.27. The second kappa shape index (κ2) is 5.84. The normalized spacial score (nSPS) is 17.1. The van der Waals surface area contributed by atoms with Gasteiger partial charge in [-0.05, 0) is 37.3 Å². The highest BCUT2D eigenvalue weighted by atomic mass is 19.1. The maximum absolute atomic E-state index is 14.4. The minimum absolute atomic E-state index is 0.0449. The largest absolute Gasteiger partial charge is 0.504 e. The number of aromatic hydroxyl groups is 1. The molecule has 0 radical (unpaired) electrons. The van der Waals surface area contributed by atoms with Crippen LogP contribution in [0.1, 0.15) is 48.5 Å². The highest BCUT2D eigenvalue weighted by molar-refractivity contribution is 5.96. The fraction of sp³-hybridized carbons (Fsp3) is 0.500. The molecular formula is C16H19FO4. The number of carbonyl (C=O) groups is 2. The molecule has 2 unspecified atom stereocenters. The number of Topliss-reactive ketones (excluding diaryl/α,β-unsaturated/α-hetero) is 1. The first kappa shape index (κ1) is 15.5. The zero-order valence-corrected chi connectivity index (χ0v) is 12.4. The standard InChI is InChI=1S/C16H19FO4/c1-8(16(20)21-3)13(10-4-5-10)12-7-6-11(9(2)18)15(19)14(12)17/h6-8,10,13,19H,4-5H2,1-3H3. The van der Waals surface area contributed by atoms with Crippen molar-refractivity contribution < 1.29 is 23.8 Å². The number of carbonyl (C=O) groups excluding carboxylic acids is 2. The van der Waals surface area contributed by atoms with E-state index < -0.39 is 29.2 Å². The third-order valence-corrected chi connectivity index (χ3v) is 4.13. The van der Waals surface area contributed by atoms with E-state index in [1.54, 1.807) is 6.92 Å². The fourth-order valence-corrected chi connectivity index (χ4v) is 2.84. The van der Waals surface area contributed by atoms with E-state index in [-0.39, 0.29) is 23.0 Å². The van der Waals surface area contributed by atoms with Crippen LogP contribution in [0.5, 0.6) is 5.75 Å². The van der Waals surface area contributed by atoms with Gasteiger partial charge in [-0.3, -0.25) is 9.59 Å². The summed E-state index contributed by atoms with van der Waals surface area (Å²) in [7, 11) is 1.30. The van der Waals surface area contributed by atoms with Crippen LogP contribution in [0, 0.1) is 17.7 Å². The molecule has 0 amide bonds. The van der Waals surface area contributed by atoms with Crippen molar-refractivity contribution in [1.82, 2.24) is 0 Å². The molecule has 0 bridgehead atoms. The Hall–Kier alpha value is -1.91. The van der Waals surface area contributed by atoms with Gasteiger partial charge in [0.1, 0.15) is 0 Å². The molecule has 1 saturated carbocycles. The number of benzene rings is 1. The highest BCUT2D eigenvalue weighted by Crippen LogP contribution is 2.48. The maximum Gasteiger partial charge on any atom is 0.309 e. The van der Waals surface area contributed by atoms with Gasteiger partial charge in [0.2, 0.25) is 0 Å². The average molecular weight is 294 g/mol. The molecule has 0 heterocycles. The monoisotopic (exact) mass is 294 g/mol. The highest BCUT2D eigenvalue weighted by Gasteiger charge is 2.41. The van der Waals surface area contributed by atoms with Crippen molar-refractivity contribution in [3.8, 4) is 5.75 Å². The lowest BCUT2D eigenvalue weighted by atomic mass is 9.82. The van der Waals surface area contributed by atoms with Gasteiger partial charge in [-0.25, -0.2) is 4.39 Å². The minimum atomic E-state index is -0.810. The van der Waals surface area contributed by atoms with E-state index in [0.717, 1.165) is 12.8 Å². The summed E-state index contributed by atoms with van der Waals surface area (Å²) in [4.78, 5) is 23.1. The van der Waals surface area contributed by atoms with Crippen LogP contribution in [-0.2, 0) is 9.53 Å². The van der Waals surface area contributed by atoms with E-state index in [2.05, 4.69) is 0 Å². The third-order valence-electron chi connectivity index (χ3n) is 4.13. The van der Waals surface area contributed by atoms with E-state index >= 15 is 0 Å². The number of phenols is 1. The van der Waals surface area contributed by atoms with Crippen LogP contribution in [0.2, 0.25) is 0 Å². The summed E-state index contributed by atoms with van der Waals surface area (Å²) >= 11 is 0. The third kappa shape index (κ3) is 2.91. The number of ketones is 1. The van der Waals surface area contributed by atoms with Crippen molar-refractivity contribution in [2.45, 2.75) is 32.6 Å². The van der Waals surface area contributed by atoms with E-state index in [9.17, 15) is 19.1 Å². The second-order valence-electron chi connectivity index (χ2n) is 5.60. The van der Waals surface area contributed by atoms with Crippen LogP contribution >= 0.6 is 0 Å². The molecule has 114 valence electrons. The van der Waals surface area contributed by atoms with Gasteiger partial charge in [-0.1, -0.05) is 13.0 Å². The topological polar surface area (TPSA) is 63.6 Å². The number of hydrogen-bond acceptors (Lipinski definition) is 4. The zero-order valence-electron chi connectivity index (χ0n) is 12.4. The molecule has 1 N–H and O–H groups in total. The smallest absolute Gasteiger partial charge is 0.309 e. The number of halogens is 1. The Morgan fingerprint density at radius 3 is 2.48 bits per heavy atom. The Kier molecular flexibility index (Phi) is 4.30.